The van der Waals surface area contributed by atoms with Gasteiger partial charge in [-0.2, -0.15) is 0 Å². The number of carbonyl (C=O) groups excluding carboxylic acids is 2. The van der Waals surface area contributed by atoms with Crippen LogP contribution in [-0.2, 0) is 28.2 Å². The molecule has 340 valence electrons. The van der Waals surface area contributed by atoms with Crippen molar-refractivity contribution in [3.63, 3.8) is 0 Å². The second-order valence-corrected chi connectivity index (χ2v) is 16.9. The van der Waals surface area contributed by atoms with E-state index in [4.69, 9.17) is 19.3 Å². The second-order valence-electron chi connectivity index (χ2n) is 15.7. The van der Waals surface area contributed by atoms with Gasteiger partial charge in [-0.15, -0.1) is 0 Å². The summed E-state index contributed by atoms with van der Waals surface area (Å²) in [4.78, 5) is 43.0. The zero-order chi connectivity index (χ0) is 43.2. The van der Waals surface area contributed by atoms with Crippen LogP contribution < -0.4 is 0 Å². The summed E-state index contributed by atoms with van der Waals surface area (Å²) in [6.45, 7) is 3.53. The Hall–Kier alpha value is -2.51. The molecule has 1 atom stereocenters. The molecule has 0 fully saturated rings. The van der Waals surface area contributed by atoms with Crippen LogP contribution in [0, 0.1) is 0 Å². The van der Waals surface area contributed by atoms with Crippen molar-refractivity contribution in [1.82, 2.24) is 0 Å². The highest BCUT2D eigenvalue weighted by Crippen LogP contribution is 2.36. The summed E-state index contributed by atoms with van der Waals surface area (Å²) in [6.07, 6.45) is 59.3. The van der Waals surface area contributed by atoms with Gasteiger partial charge in [0.05, 0.1) is 6.61 Å². The predicted octanol–water partition coefficient (Wildman–Crippen LogP) is 15.0. The minimum absolute atomic E-state index is 0.141. The van der Waals surface area contributed by atoms with E-state index in [-0.39, 0.29) is 19.4 Å². The van der Waals surface area contributed by atoms with Crippen LogP contribution in [-0.4, -0.2) is 41.0 Å². The molecule has 0 radical (unpaired) electrons. The van der Waals surface area contributed by atoms with Crippen LogP contribution in [0.1, 0.15) is 213 Å². The minimum atomic E-state index is -4.78. The molecular formula is C50H87O8P. The van der Waals surface area contributed by atoms with E-state index in [0.29, 0.717) is 12.8 Å². The molecule has 8 nitrogen and oxygen atoms in total. The number of hydrogen-bond acceptors (Lipinski definition) is 6. The third-order valence-corrected chi connectivity index (χ3v) is 10.5. The van der Waals surface area contributed by atoms with Crippen molar-refractivity contribution in [2.75, 3.05) is 13.2 Å². The highest BCUT2D eigenvalue weighted by molar-refractivity contribution is 7.46. The lowest BCUT2D eigenvalue weighted by atomic mass is 10.0. The number of hydrogen-bond donors (Lipinski definition) is 2. The Labute approximate surface area is 361 Å². The summed E-state index contributed by atoms with van der Waals surface area (Å²) in [7, 11) is -4.78. The first-order valence-electron chi connectivity index (χ1n) is 23.7. The van der Waals surface area contributed by atoms with Crippen molar-refractivity contribution in [3.8, 4) is 0 Å². The molecule has 0 rings (SSSR count). The highest BCUT2D eigenvalue weighted by Gasteiger charge is 2.22. The molecule has 0 amide bonds. The van der Waals surface area contributed by atoms with Gasteiger partial charge in [0.2, 0.25) is 0 Å². The van der Waals surface area contributed by atoms with E-state index >= 15 is 0 Å². The Balaban J connectivity index is 3.94. The smallest absolute Gasteiger partial charge is 0.462 e. The average Bonchev–Trinajstić information content (AvgIpc) is 3.21. The monoisotopic (exact) mass is 847 g/mol. The number of esters is 2. The van der Waals surface area contributed by atoms with Crippen LogP contribution in [0.5, 0.6) is 0 Å². The van der Waals surface area contributed by atoms with E-state index in [1.165, 1.54) is 116 Å². The fraction of sp³-hybridized carbons (Fsp3) is 0.720. The molecule has 59 heavy (non-hydrogen) atoms. The van der Waals surface area contributed by atoms with Gasteiger partial charge in [-0.05, 0) is 51.4 Å². The zero-order valence-electron chi connectivity index (χ0n) is 37.6. The van der Waals surface area contributed by atoms with E-state index in [1.54, 1.807) is 0 Å². The summed E-state index contributed by atoms with van der Waals surface area (Å²) in [5.41, 5.74) is 0. The number of phosphoric acid groups is 1. The van der Waals surface area contributed by atoms with E-state index in [1.807, 2.05) is 12.2 Å². The third kappa shape index (κ3) is 48.0. The number of rotatable bonds is 43. The second kappa shape index (κ2) is 45.0. The number of carbonyl (C=O) groups is 2. The van der Waals surface area contributed by atoms with Gasteiger partial charge in [-0.1, -0.05) is 222 Å². The van der Waals surface area contributed by atoms with E-state index in [9.17, 15) is 14.2 Å². The molecule has 0 aliphatic carbocycles. The van der Waals surface area contributed by atoms with Crippen molar-refractivity contribution in [2.45, 2.75) is 219 Å². The summed E-state index contributed by atoms with van der Waals surface area (Å²) in [5.74, 6) is -0.979. The summed E-state index contributed by atoms with van der Waals surface area (Å²) >= 11 is 0. The molecule has 0 unspecified atom stereocenters. The highest BCUT2D eigenvalue weighted by atomic mass is 31.2. The lowest BCUT2D eigenvalue weighted by molar-refractivity contribution is -0.161. The van der Waals surface area contributed by atoms with Gasteiger partial charge in [-0.3, -0.25) is 14.1 Å². The number of phosphoric ester groups is 1. The Morgan fingerprint density at radius 1 is 0.458 bits per heavy atom. The van der Waals surface area contributed by atoms with E-state index in [2.05, 4.69) is 79.1 Å². The van der Waals surface area contributed by atoms with E-state index < -0.39 is 32.5 Å². The van der Waals surface area contributed by atoms with Crippen LogP contribution in [0.3, 0.4) is 0 Å². The molecule has 0 spiro atoms. The molecule has 0 bridgehead atoms. The van der Waals surface area contributed by atoms with Crippen LogP contribution in [0.4, 0.5) is 0 Å². The van der Waals surface area contributed by atoms with Gasteiger partial charge in [0, 0.05) is 12.8 Å². The van der Waals surface area contributed by atoms with Gasteiger partial charge < -0.3 is 19.3 Å². The average molecular weight is 847 g/mol. The molecule has 0 saturated heterocycles. The van der Waals surface area contributed by atoms with Crippen molar-refractivity contribution < 1.29 is 37.9 Å². The topological polar surface area (TPSA) is 119 Å². The molecule has 0 heterocycles. The van der Waals surface area contributed by atoms with Gasteiger partial charge in [-0.25, -0.2) is 4.57 Å². The fourth-order valence-electron chi connectivity index (χ4n) is 6.52. The summed E-state index contributed by atoms with van der Waals surface area (Å²) in [6, 6.07) is 0. The Bertz CT molecular complexity index is 1180. The SMILES string of the molecule is CC/C=C/C/C=C/C/C=C/C/C=C/C/C=C/C/C=C/CCC(=O)OC[C@H](COP(=O)(O)O)OC(=O)CCCCCCCCCCCCCCCCCCCCCCCC. The maximum atomic E-state index is 12.5. The van der Waals surface area contributed by atoms with E-state index in [0.717, 1.165) is 57.8 Å². The Morgan fingerprint density at radius 2 is 0.814 bits per heavy atom. The number of ether oxygens (including phenoxy) is 2. The quantitative estimate of drug-likeness (QED) is 0.0269. The van der Waals surface area contributed by atoms with Crippen LogP contribution in [0.2, 0.25) is 0 Å². The zero-order valence-corrected chi connectivity index (χ0v) is 38.5. The number of unbranched alkanes of at least 4 members (excludes halogenated alkanes) is 21. The molecule has 0 aromatic rings. The van der Waals surface area contributed by atoms with Crippen molar-refractivity contribution in [1.29, 1.82) is 0 Å². The Kier molecular flexibility index (Phi) is 43.1. The largest absolute Gasteiger partial charge is 0.469 e. The summed E-state index contributed by atoms with van der Waals surface area (Å²) < 4.78 is 26.4. The first-order chi connectivity index (χ1) is 28.8. The first-order valence-corrected chi connectivity index (χ1v) is 25.3. The maximum absolute atomic E-state index is 12.5. The van der Waals surface area contributed by atoms with Crippen molar-refractivity contribution in [3.05, 3.63) is 72.9 Å². The van der Waals surface area contributed by atoms with Gasteiger partial charge in [0.1, 0.15) is 6.61 Å². The lowest BCUT2D eigenvalue weighted by Crippen LogP contribution is -2.29. The molecule has 0 aromatic heterocycles. The number of allylic oxidation sites excluding steroid dienone is 12. The normalized spacial score (nSPS) is 13.1. The van der Waals surface area contributed by atoms with Crippen molar-refractivity contribution >= 4 is 19.8 Å². The molecule has 0 aliphatic heterocycles. The van der Waals surface area contributed by atoms with Crippen LogP contribution >= 0.6 is 7.82 Å². The molecule has 2 N–H and O–H groups in total. The van der Waals surface area contributed by atoms with Gasteiger partial charge in [0.15, 0.2) is 6.10 Å². The Morgan fingerprint density at radius 3 is 1.19 bits per heavy atom. The molecule has 0 aromatic carbocycles. The summed E-state index contributed by atoms with van der Waals surface area (Å²) in [5, 5.41) is 0. The first kappa shape index (κ1) is 56.5. The maximum Gasteiger partial charge on any atom is 0.469 e. The molecule has 0 aliphatic rings. The minimum Gasteiger partial charge on any atom is -0.462 e. The third-order valence-electron chi connectivity index (χ3n) is 10.0. The van der Waals surface area contributed by atoms with Crippen molar-refractivity contribution in [2.24, 2.45) is 0 Å². The molecule has 9 heteroatoms. The molecular weight excluding hydrogens is 760 g/mol. The predicted molar refractivity (Wildman–Crippen MR) is 248 cm³/mol. The lowest BCUT2D eigenvalue weighted by Gasteiger charge is -2.18. The standard InChI is InChI=1S/C50H87O8P/c1-3-5-7-9-11-13-15-17-19-21-23-24-25-27-29-31-33-35-37-39-41-43-45-50(52)58-48(47-57-59(53,54)55)46-56-49(51)44-42-40-38-36-34-32-30-28-26-22-20-18-16-14-12-10-8-6-4-2/h6,8,12,14,18,20,26,28,32,34,38,40,48H,3-5,7,9-11,13,15-17,19,21-25,27,29-31,33,35-37,39,41-47H2,1-2H3,(H2,53,54,55)/b8-6+,14-12+,20-18+,28-26+,34-32+,40-38+/t48-/m1/s1. The van der Waals surface area contributed by atoms with Crippen LogP contribution in [0.15, 0.2) is 72.9 Å². The van der Waals surface area contributed by atoms with Gasteiger partial charge in [0.25, 0.3) is 0 Å². The fourth-order valence-corrected chi connectivity index (χ4v) is 6.88. The van der Waals surface area contributed by atoms with Crippen LogP contribution in [0.25, 0.3) is 0 Å². The molecule has 0 saturated carbocycles. The van der Waals surface area contributed by atoms with Gasteiger partial charge >= 0.3 is 19.8 Å².